The van der Waals surface area contributed by atoms with Gasteiger partial charge in [-0.15, -0.1) is 0 Å². The van der Waals surface area contributed by atoms with E-state index in [9.17, 15) is 14.9 Å². The van der Waals surface area contributed by atoms with Crippen molar-refractivity contribution in [1.29, 1.82) is 0 Å². The second-order valence-electron chi connectivity index (χ2n) is 4.62. The molecule has 3 rings (SSSR count). The van der Waals surface area contributed by atoms with Crippen molar-refractivity contribution in [1.82, 2.24) is 9.97 Å². The standard InChI is InChI=1S/C15H11N3O5/c1-22-15(19)12-3-2-10(18(20)21)7-13(12)23-11-6-9-4-5-16-14(9)17-8-11/h2-8H,1H3,(H,16,17). The lowest BCUT2D eigenvalue weighted by Gasteiger charge is -2.09. The third-order valence-corrected chi connectivity index (χ3v) is 3.18. The summed E-state index contributed by atoms with van der Waals surface area (Å²) in [6, 6.07) is 7.20. The summed E-state index contributed by atoms with van der Waals surface area (Å²) in [5.41, 5.74) is 0.584. The first-order valence-corrected chi connectivity index (χ1v) is 6.56. The molecule has 0 unspecified atom stereocenters. The molecule has 2 heterocycles. The molecule has 116 valence electrons. The fraction of sp³-hybridized carbons (Fsp3) is 0.0667. The Morgan fingerprint density at radius 2 is 2.13 bits per heavy atom. The summed E-state index contributed by atoms with van der Waals surface area (Å²) >= 11 is 0. The molecule has 0 aliphatic carbocycles. The zero-order valence-corrected chi connectivity index (χ0v) is 12.0. The molecule has 3 aromatic rings. The van der Waals surface area contributed by atoms with E-state index in [1.165, 1.54) is 31.5 Å². The van der Waals surface area contributed by atoms with Crippen LogP contribution in [0, 0.1) is 10.1 Å². The molecule has 0 saturated carbocycles. The number of non-ortho nitro benzene ring substituents is 1. The molecule has 0 saturated heterocycles. The molecule has 23 heavy (non-hydrogen) atoms. The number of aromatic nitrogens is 2. The molecule has 0 atom stereocenters. The quantitative estimate of drug-likeness (QED) is 0.450. The Labute approximate surface area is 129 Å². The summed E-state index contributed by atoms with van der Waals surface area (Å²) in [6.07, 6.45) is 3.19. The highest BCUT2D eigenvalue weighted by Crippen LogP contribution is 2.30. The van der Waals surface area contributed by atoms with Crippen LogP contribution in [-0.4, -0.2) is 28.0 Å². The number of nitro groups is 1. The van der Waals surface area contributed by atoms with Gasteiger partial charge in [-0.05, 0) is 18.2 Å². The van der Waals surface area contributed by atoms with Gasteiger partial charge in [0.1, 0.15) is 22.7 Å². The number of aromatic amines is 1. The van der Waals surface area contributed by atoms with Gasteiger partial charge >= 0.3 is 5.97 Å². The van der Waals surface area contributed by atoms with E-state index >= 15 is 0 Å². The monoisotopic (exact) mass is 313 g/mol. The summed E-state index contributed by atoms with van der Waals surface area (Å²) in [7, 11) is 1.22. The first-order chi connectivity index (χ1) is 11.1. The van der Waals surface area contributed by atoms with Crippen molar-refractivity contribution >= 4 is 22.7 Å². The largest absolute Gasteiger partial charge is 0.465 e. The Morgan fingerprint density at radius 3 is 2.87 bits per heavy atom. The van der Waals surface area contributed by atoms with Gasteiger partial charge in [-0.2, -0.15) is 0 Å². The van der Waals surface area contributed by atoms with Crippen LogP contribution in [-0.2, 0) is 4.74 Å². The smallest absolute Gasteiger partial charge is 0.341 e. The molecule has 0 amide bonds. The summed E-state index contributed by atoms with van der Waals surface area (Å²) in [4.78, 5) is 29.2. The Morgan fingerprint density at radius 1 is 1.30 bits per heavy atom. The van der Waals surface area contributed by atoms with Crippen LogP contribution in [0.1, 0.15) is 10.4 Å². The van der Waals surface area contributed by atoms with Crippen LogP contribution in [0.15, 0.2) is 42.7 Å². The average molecular weight is 313 g/mol. The van der Waals surface area contributed by atoms with Gasteiger partial charge in [-0.1, -0.05) is 0 Å². The van der Waals surface area contributed by atoms with Crippen LogP contribution < -0.4 is 4.74 Å². The number of benzene rings is 1. The summed E-state index contributed by atoms with van der Waals surface area (Å²) < 4.78 is 10.3. The first-order valence-electron chi connectivity index (χ1n) is 6.56. The molecule has 0 aliphatic rings. The van der Waals surface area contributed by atoms with Crippen LogP contribution in [0.2, 0.25) is 0 Å². The van der Waals surface area contributed by atoms with E-state index < -0.39 is 10.9 Å². The molecule has 0 bridgehead atoms. The molecular formula is C15H11N3O5. The number of H-pyrrole nitrogens is 1. The minimum Gasteiger partial charge on any atom is -0.465 e. The number of carbonyl (C=O) groups is 1. The van der Waals surface area contributed by atoms with E-state index in [1.807, 2.05) is 6.07 Å². The molecular weight excluding hydrogens is 302 g/mol. The molecule has 1 N–H and O–H groups in total. The van der Waals surface area contributed by atoms with Gasteiger partial charge in [0.25, 0.3) is 5.69 Å². The first kappa shape index (κ1) is 14.5. The SMILES string of the molecule is COC(=O)c1ccc([N+](=O)[O-])cc1Oc1cnc2[nH]ccc2c1. The van der Waals surface area contributed by atoms with E-state index in [-0.39, 0.29) is 17.0 Å². The summed E-state index contributed by atoms with van der Waals surface area (Å²) in [5.74, 6) is -0.268. The molecule has 0 fully saturated rings. The molecule has 1 aromatic carbocycles. The number of hydrogen-bond acceptors (Lipinski definition) is 6. The lowest BCUT2D eigenvalue weighted by molar-refractivity contribution is -0.384. The Hall–Kier alpha value is -3.42. The zero-order chi connectivity index (χ0) is 16.4. The van der Waals surface area contributed by atoms with E-state index in [0.717, 1.165) is 5.39 Å². The van der Waals surface area contributed by atoms with Gasteiger partial charge in [-0.3, -0.25) is 10.1 Å². The number of ether oxygens (including phenoxy) is 2. The average Bonchev–Trinajstić information content (AvgIpc) is 3.01. The van der Waals surface area contributed by atoms with Gasteiger partial charge in [0.05, 0.1) is 24.3 Å². The Bertz CT molecular complexity index is 903. The number of esters is 1. The number of hydrogen-bond donors (Lipinski definition) is 1. The summed E-state index contributed by atoms with van der Waals surface area (Å²) in [5, 5.41) is 11.7. The molecule has 2 aromatic heterocycles. The number of nitrogens with zero attached hydrogens (tertiary/aromatic N) is 2. The third-order valence-electron chi connectivity index (χ3n) is 3.18. The second kappa shape index (κ2) is 5.76. The predicted molar refractivity (Wildman–Crippen MR) is 80.6 cm³/mol. The van der Waals surface area contributed by atoms with Gasteiger partial charge in [0.15, 0.2) is 0 Å². The highest BCUT2D eigenvalue weighted by Gasteiger charge is 2.18. The van der Waals surface area contributed by atoms with Crippen molar-refractivity contribution in [2.24, 2.45) is 0 Å². The topological polar surface area (TPSA) is 107 Å². The van der Waals surface area contributed by atoms with E-state index in [4.69, 9.17) is 4.74 Å². The molecule has 8 heteroatoms. The fourth-order valence-electron chi connectivity index (χ4n) is 2.09. The summed E-state index contributed by atoms with van der Waals surface area (Å²) in [6.45, 7) is 0. The minimum atomic E-state index is -0.648. The number of rotatable bonds is 4. The normalized spacial score (nSPS) is 10.5. The third kappa shape index (κ3) is 2.82. The molecule has 0 radical (unpaired) electrons. The van der Waals surface area contributed by atoms with Crippen molar-refractivity contribution in [2.45, 2.75) is 0 Å². The maximum atomic E-state index is 11.8. The molecule has 8 nitrogen and oxygen atoms in total. The van der Waals surface area contributed by atoms with Gasteiger partial charge < -0.3 is 14.5 Å². The number of pyridine rings is 1. The number of methoxy groups -OCH3 is 1. The Kier molecular flexibility index (Phi) is 3.63. The maximum absolute atomic E-state index is 11.8. The minimum absolute atomic E-state index is 0.0303. The van der Waals surface area contributed by atoms with E-state index in [2.05, 4.69) is 14.7 Å². The van der Waals surface area contributed by atoms with Crippen LogP contribution in [0.5, 0.6) is 11.5 Å². The lowest BCUT2D eigenvalue weighted by Crippen LogP contribution is -2.04. The van der Waals surface area contributed by atoms with Crippen molar-refractivity contribution in [3.63, 3.8) is 0 Å². The van der Waals surface area contributed by atoms with Crippen molar-refractivity contribution < 1.29 is 19.2 Å². The van der Waals surface area contributed by atoms with Crippen molar-refractivity contribution in [3.05, 3.63) is 58.4 Å². The van der Waals surface area contributed by atoms with Crippen LogP contribution in [0.3, 0.4) is 0 Å². The highest BCUT2D eigenvalue weighted by atomic mass is 16.6. The van der Waals surface area contributed by atoms with E-state index in [1.54, 1.807) is 12.3 Å². The van der Waals surface area contributed by atoms with Crippen LogP contribution >= 0.6 is 0 Å². The van der Waals surface area contributed by atoms with Crippen molar-refractivity contribution in [3.8, 4) is 11.5 Å². The number of nitrogens with one attached hydrogen (secondary N) is 1. The predicted octanol–water partition coefficient (Wildman–Crippen LogP) is 3.05. The number of nitro benzene ring substituents is 1. The van der Waals surface area contributed by atoms with Gasteiger partial charge in [0, 0.05) is 17.6 Å². The highest BCUT2D eigenvalue weighted by molar-refractivity contribution is 5.93. The van der Waals surface area contributed by atoms with Gasteiger partial charge in [-0.25, -0.2) is 9.78 Å². The molecule has 0 aliphatic heterocycles. The fourth-order valence-corrected chi connectivity index (χ4v) is 2.09. The maximum Gasteiger partial charge on any atom is 0.341 e. The van der Waals surface area contributed by atoms with Crippen LogP contribution in [0.4, 0.5) is 5.69 Å². The zero-order valence-electron chi connectivity index (χ0n) is 12.0. The molecule has 0 spiro atoms. The number of fused-ring (bicyclic) bond motifs is 1. The number of carbonyl (C=O) groups excluding carboxylic acids is 1. The van der Waals surface area contributed by atoms with E-state index in [0.29, 0.717) is 11.4 Å². The Balaban J connectivity index is 2.03. The lowest BCUT2D eigenvalue weighted by atomic mass is 10.2. The van der Waals surface area contributed by atoms with Crippen molar-refractivity contribution in [2.75, 3.05) is 7.11 Å². The van der Waals surface area contributed by atoms with Crippen LogP contribution in [0.25, 0.3) is 11.0 Å². The second-order valence-corrected chi connectivity index (χ2v) is 4.62. The van der Waals surface area contributed by atoms with Gasteiger partial charge in [0.2, 0.25) is 0 Å².